The lowest BCUT2D eigenvalue weighted by Crippen LogP contribution is -2.51. The number of anilines is 1. The molecule has 0 aliphatic heterocycles. The molecular formula is C26H27BrFN3O4S. The van der Waals surface area contributed by atoms with Crippen molar-refractivity contribution in [1.29, 1.82) is 0 Å². The highest BCUT2D eigenvalue weighted by Gasteiger charge is 2.32. The number of halogens is 2. The predicted octanol–water partition coefficient (Wildman–Crippen LogP) is 4.34. The molecule has 3 aromatic carbocycles. The van der Waals surface area contributed by atoms with E-state index in [1.54, 1.807) is 56.3 Å². The highest BCUT2D eigenvalue weighted by atomic mass is 79.9. The van der Waals surface area contributed by atoms with E-state index in [1.807, 2.05) is 0 Å². The van der Waals surface area contributed by atoms with Gasteiger partial charge in [0.2, 0.25) is 11.8 Å². The summed E-state index contributed by atoms with van der Waals surface area (Å²) in [6, 6.07) is 19.1. The van der Waals surface area contributed by atoms with E-state index < -0.39 is 34.3 Å². The second-order valence-electron chi connectivity index (χ2n) is 8.02. The Morgan fingerprint density at radius 1 is 0.972 bits per heavy atom. The lowest BCUT2D eigenvalue weighted by molar-refractivity contribution is -0.139. The van der Waals surface area contributed by atoms with Crippen LogP contribution in [0.4, 0.5) is 10.1 Å². The zero-order chi connectivity index (χ0) is 26.3. The average molecular weight is 576 g/mol. The van der Waals surface area contributed by atoms with Crippen molar-refractivity contribution in [2.24, 2.45) is 0 Å². The van der Waals surface area contributed by atoms with E-state index in [4.69, 9.17) is 0 Å². The molecule has 36 heavy (non-hydrogen) atoms. The van der Waals surface area contributed by atoms with Crippen LogP contribution in [0.15, 0.2) is 88.2 Å². The lowest BCUT2D eigenvalue weighted by atomic mass is 10.1. The van der Waals surface area contributed by atoms with E-state index in [2.05, 4.69) is 21.2 Å². The van der Waals surface area contributed by atoms with Gasteiger partial charge in [-0.1, -0.05) is 46.3 Å². The summed E-state index contributed by atoms with van der Waals surface area (Å²) in [4.78, 5) is 27.6. The van der Waals surface area contributed by atoms with E-state index in [-0.39, 0.29) is 17.3 Å². The molecule has 0 bridgehead atoms. The Hall–Kier alpha value is -3.24. The first kappa shape index (κ1) is 27.3. The minimum Gasteiger partial charge on any atom is -0.355 e. The monoisotopic (exact) mass is 575 g/mol. The van der Waals surface area contributed by atoms with Gasteiger partial charge in [-0.15, -0.1) is 0 Å². The summed E-state index contributed by atoms with van der Waals surface area (Å²) in [6.45, 7) is 3.16. The second-order valence-corrected chi connectivity index (χ2v) is 10.8. The number of amides is 2. The van der Waals surface area contributed by atoms with Crippen LogP contribution in [0.3, 0.4) is 0 Å². The Bertz CT molecular complexity index is 1290. The number of rotatable bonds is 10. The van der Waals surface area contributed by atoms with Gasteiger partial charge in [0.1, 0.15) is 18.4 Å². The average Bonchev–Trinajstić information content (AvgIpc) is 2.87. The number of nitrogens with zero attached hydrogens (tertiary/aromatic N) is 2. The first-order valence-corrected chi connectivity index (χ1v) is 13.5. The normalized spacial score (nSPS) is 12.0. The first-order valence-electron chi connectivity index (χ1n) is 11.3. The van der Waals surface area contributed by atoms with Gasteiger partial charge in [-0.2, -0.15) is 0 Å². The zero-order valence-corrected chi connectivity index (χ0v) is 22.3. The second kappa shape index (κ2) is 12.1. The van der Waals surface area contributed by atoms with Crippen LogP contribution in [-0.4, -0.2) is 44.3 Å². The van der Waals surface area contributed by atoms with E-state index in [0.29, 0.717) is 17.8 Å². The van der Waals surface area contributed by atoms with Crippen molar-refractivity contribution in [3.63, 3.8) is 0 Å². The summed E-state index contributed by atoms with van der Waals surface area (Å²) in [5.41, 5.74) is 0.893. The zero-order valence-electron chi connectivity index (χ0n) is 19.9. The molecule has 0 radical (unpaired) electrons. The number of likely N-dealkylation sites (N-methyl/N-ethyl adjacent to an activating group) is 1. The Morgan fingerprint density at radius 2 is 1.58 bits per heavy atom. The standard InChI is InChI=1S/C26H27BrFN3O4S/c1-3-29-26(33)19(2)30(17-20-9-13-22(28)14-10-20)25(32)18-31(23-15-11-21(27)12-16-23)36(34,35)24-7-5-4-6-8-24/h4-16,19H,3,17-18H2,1-2H3,(H,29,33)/t19-/m0/s1. The van der Waals surface area contributed by atoms with Crippen molar-refractivity contribution in [3.8, 4) is 0 Å². The van der Waals surface area contributed by atoms with E-state index in [1.165, 1.54) is 41.3 Å². The van der Waals surface area contributed by atoms with Crippen LogP contribution in [0.1, 0.15) is 19.4 Å². The molecule has 0 spiro atoms. The summed E-state index contributed by atoms with van der Waals surface area (Å²) in [5, 5.41) is 2.69. The number of benzene rings is 3. The SMILES string of the molecule is CCNC(=O)[C@H](C)N(Cc1ccc(F)cc1)C(=O)CN(c1ccc(Br)cc1)S(=O)(=O)c1ccccc1. The van der Waals surface area contributed by atoms with E-state index in [0.717, 1.165) is 8.78 Å². The number of carbonyl (C=O) groups is 2. The number of nitrogens with one attached hydrogen (secondary N) is 1. The van der Waals surface area contributed by atoms with Crippen LogP contribution in [0, 0.1) is 5.82 Å². The van der Waals surface area contributed by atoms with Crippen molar-refractivity contribution in [2.45, 2.75) is 31.3 Å². The maximum absolute atomic E-state index is 13.6. The maximum Gasteiger partial charge on any atom is 0.264 e. The molecule has 0 unspecified atom stereocenters. The molecule has 0 aliphatic carbocycles. The molecule has 1 N–H and O–H groups in total. The van der Waals surface area contributed by atoms with Crippen LogP contribution < -0.4 is 9.62 Å². The fourth-order valence-electron chi connectivity index (χ4n) is 3.55. The summed E-state index contributed by atoms with van der Waals surface area (Å²) in [6.07, 6.45) is 0. The van der Waals surface area contributed by atoms with E-state index >= 15 is 0 Å². The predicted molar refractivity (Wildman–Crippen MR) is 140 cm³/mol. The molecule has 0 aliphatic rings. The van der Waals surface area contributed by atoms with Gasteiger partial charge >= 0.3 is 0 Å². The van der Waals surface area contributed by atoms with Crippen molar-refractivity contribution in [2.75, 3.05) is 17.4 Å². The number of hydrogen-bond acceptors (Lipinski definition) is 4. The lowest BCUT2D eigenvalue weighted by Gasteiger charge is -2.32. The Balaban J connectivity index is 2.00. The van der Waals surface area contributed by atoms with Gasteiger partial charge in [-0.05, 0) is 67.9 Å². The van der Waals surface area contributed by atoms with Gasteiger partial charge in [-0.3, -0.25) is 13.9 Å². The molecule has 1 atom stereocenters. The van der Waals surface area contributed by atoms with Crippen molar-refractivity contribution >= 4 is 43.5 Å². The molecule has 190 valence electrons. The minimum atomic E-state index is -4.11. The van der Waals surface area contributed by atoms with Crippen LogP contribution in [0.2, 0.25) is 0 Å². The molecule has 0 aromatic heterocycles. The van der Waals surface area contributed by atoms with Crippen molar-refractivity contribution < 1.29 is 22.4 Å². The molecule has 0 heterocycles. The highest BCUT2D eigenvalue weighted by molar-refractivity contribution is 9.10. The van der Waals surface area contributed by atoms with Crippen molar-refractivity contribution in [3.05, 3.63) is 94.7 Å². The molecule has 0 fully saturated rings. The smallest absolute Gasteiger partial charge is 0.264 e. The summed E-state index contributed by atoms with van der Waals surface area (Å²) in [7, 11) is -4.11. The van der Waals surface area contributed by atoms with Gasteiger partial charge in [0.15, 0.2) is 0 Å². The van der Waals surface area contributed by atoms with Crippen LogP contribution in [0.25, 0.3) is 0 Å². The number of carbonyl (C=O) groups excluding carboxylic acids is 2. The van der Waals surface area contributed by atoms with Gasteiger partial charge in [-0.25, -0.2) is 12.8 Å². The Kier molecular flexibility index (Phi) is 9.22. The molecule has 0 saturated carbocycles. The molecule has 3 aromatic rings. The quantitative estimate of drug-likeness (QED) is 0.389. The van der Waals surface area contributed by atoms with Gasteiger partial charge in [0, 0.05) is 17.6 Å². The minimum absolute atomic E-state index is 0.00300. The molecule has 3 rings (SSSR count). The molecule has 0 saturated heterocycles. The van der Waals surface area contributed by atoms with Gasteiger partial charge in [0.05, 0.1) is 10.6 Å². The van der Waals surface area contributed by atoms with Crippen LogP contribution in [-0.2, 0) is 26.2 Å². The third-order valence-corrected chi connectivity index (χ3v) is 7.83. The van der Waals surface area contributed by atoms with E-state index in [9.17, 15) is 22.4 Å². The van der Waals surface area contributed by atoms with Gasteiger partial charge < -0.3 is 10.2 Å². The first-order chi connectivity index (χ1) is 17.1. The fraction of sp³-hybridized carbons (Fsp3) is 0.231. The summed E-state index contributed by atoms with van der Waals surface area (Å²) < 4.78 is 42.4. The van der Waals surface area contributed by atoms with Gasteiger partial charge in [0.25, 0.3) is 10.0 Å². The maximum atomic E-state index is 13.6. The van der Waals surface area contributed by atoms with Crippen LogP contribution >= 0.6 is 15.9 Å². The topological polar surface area (TPSA) is 86.8 Å². The molecular weight excluding hydrogens is 549 g/mol. The fourth-order valence-corrected chi connectivity index (χ4v) is 5.25. The van der Waals surface area contributed by atoms with Crippen LogP contribution in [0.5, 0.6) is 0 Å². The Morgan fingerprint density at radius 3 is 2.17 bits per heavy atom. The third-order valence-electron chi connectivity index (χ3n) is 5.51. The number of sulfonamides is 1. The third kappa shape index (κ3) is 6.70. The summed E-state index contributed by atoms with van der Waals surface area (Å²) >= 11 is 3.34. The molecule has 10 heteroatoms. The van der Waals surface area contributed by atoms with Crippen molar-refractivity contribution in [1.82, 2.24) is 10.2 Å². The highest BCUT2D eigenvalue weighted by Crippen LogP contribution is 2.26. The number of hydrogen-bond donors (Lipinski definition) is 1. The Labute approximate surface area is 219 Å². The molecule has 2 amide bonds. The largest absolute Gasteiger partial charge is 0.355 e. The summed E-state index contributed by atoms with van der Waals surface area (Å²) in [5.74, 6) is -1.39. The molecule has 7 nitrogen and oxygen atoms in total.